The average Bonchev–Trinajstić information content (AvgIpc) is 2.76. The van der Waals surface area contributed by atoms with Gasteiger partial charge >= 0.3 is 0 Å². The summed E-state index contributed by atoms with van der Waals surface area (Å²) in [7, 11) is 1.59. The van der Waals surface area contributed by atoms with E-state index in [2.05, 4.69) is 15.5 Å². The number of nitrogens with zero attached hydrogens (tertiary/aromatic N) is 2. The van der Waals surface area contributed by atoms with Crippen molar-refractivity contribution in [1.82, 2.24) is 15.5 Å². The maximum Gasteiger partial charge on any atom is 0.258 e. The van der Waals surface area contributed by atoms with Crippen LogP contribution in [0.3, 0.4) is 0 Å². The molecule has 1 N–H and O–H groups in total. The van der Waals surface area contributed by atoms with Gasteiger partial charge in [-0.15, -0.1) is 10.2 Å². The molecule has 0 aliphatic rings. The van der Waals surface area contributed by atoms with Crippen molar-refractivity contribution in [2.75, 3.05) is 26.9 Å². The maximum absolute atomic E-state index is 11.8. The first kappa shape index (κ1) is 20.1. The summed E-state index contributed by atoms with van der Waals surface area (Å²) < 4.78 is 16.0. The molecule has 0 spiro atoms. The van der Waals surface area contributed by atoms with Crippen molar-refractivity contribution in [2.24, 2.45) is 0 Å². The molecule has 0 unspecified atom stereocenters. The average molecular weight is 393 g/mol. The van der Waals surface area contributed by atoms with Crippen molar-refractivity contribution in [3.05, 3.63) is 66.2 Å². The first-order valence-corrected chi connectivity index (χ1v) is 9.21. The molecule has 1 aromatic heterocycles. The van der Waals surface area contributed by atoms with Crippen molar-refractivity contribution in [2.45, 2.75) is 6.92 Å². The molecule has 0 fully saturated rings. The van der Waals surface area contributed by atoms with Gasteiger partial charge in [0.05, 0.1) is 19.3 Å². The van der Waals surface area contributed by atoms with Gasteiger partial charge in [0.1, 0.15) is 18.1 Å². The molecular formula is C22H23N3O4. The summed E-state index contributed by atoms with van der Waals surface area (Å²) in [6, 6.07) is 18.7. The van der Waals surface area contributed by atoms with E-state index in [9.17, 15) is 4.79 Å². The summed E-state index contributed by atoms with van der Waals surface area (Å²) in [6.45, 7) is 2.59. The molecule has 0 saturated carbocycles. The second kappa shape index (κ2) is 10.1. The Hall–Kier alpha value is -3.61. The minimum absolute atomic E-state index is 0.0720. The lowest BCUT2D eigenvalue weighted by Crippen LogP contribution is -2.32. The second-order valence-corrected chi connectivity index (χ2v) is 6.29. The summed E-state index contributed by atoms with van der Waals surface area (Å²) in [5.74, 6) is 1.50. The van der Waals surface area contributed by atoms with E-state index < -0.39 is 0 Å². The normalized spacial score (nSPS) is 10.3. The number of hydrogen-bond acceptors (Lipinski definition) is 6. The van der Waals surface area contributed by atoms with Gasteiger partial charge in [-0.2, -0.15) is 0 Å². The highest BCUT2D eigenvalue weighted by Crippen LogP contribution is 2.18. The smallest absolute Gasteiger partial charge is 0.258 e. The van der Waals surface area contributed by atoms with E-state index in [4.69, 9.17) is 14.2 Å². The van der Waals surface area contributed by atoms with E-state index in [-0.39, 0.29) is 19.1 Å². The lowest BCUT2D eigenvalue weighted by molar-refractivity contribution is -0.123. The Morgan fingerprint density at radius 2 is 1.62 bits per heavy atom. The quantitative estimate of drug-likeness (QED) is 0.563. The third-order valence-corrected chi connectivity index (χ3v) is 4.09. The molecule has 150 valence electrons. The van der Waals surface area contributed by atoms with Crippen LogP contribution in [0.15, 0.2) is 60.7 Å². The summed E-state index contributed by atoms with van der Waals surface area (Å²) in [5.41, 5.74) is 2.97. The van der Waals surface area contributed by atoms with Gasteiger partial charge < -0.3 is 19.5 Å². The van der Waals surface area contributed by atoms with Crippen LogP contribution in [0.25, 0.3) is 11.3 Å². The Labute approximate surface area is 169 Å². The Balaban J connectivity index is 1.36. The van der Waals surface area contributed by atoms with Crippen molar-refractivity contribution in [3.63, 3.8) is 0 Å². The van der Waals surface area contributed by atoms with E-state index in [1.54, 1.807) is 37.4 Å². The number of ether oxygens (including phenoxy) is 3. The van der Waals surface area contributed by atoms with E-state index in [0.717, 1.165) is 17.0 Å². The van der Waals surface area contributed by atoms with Crippen LogP contribution in [-0.4, -0.2) is 43.0 Å². The molecule has 1 amide bonds. The Morgan fingerprint density at radius 3 is 2.28 bits per heavy atom. The van der Waals surface area contributed by atoms with Gasteiger partial charge in [-0.05, 0) is 37.3 Å². The summed E-state index contributed by atoms with van der Waals surface area (Å²) in [4.78, 5) is 11.8. The Kier molecular flexibility index (Phi) is 7.00. The molecule has 0 aliphatic carbocycles. The fourth-order valence-electron chi connectivity index (χ4n) is 2.49. The molecular weight excluding hydrogens is 370 g/mol. The van der Waals surface area contributed by atoms with Gasteiger partial charge in [0.15, 0.2) is 6.61 Å². The second-order valence-electron chi connectivity index (χ2n) is 6.29. The molecule has 3 rings (SSSR count). The van der Waals surface area contributed by atoms with Crippen LogP contribution in [0.1, 0.15) is 5.56 Å². The lowest BCUT2D eigenvalue weighted by Gasteiger charge is -2.09. The number of benzene rings is 2. The number of methoxy groups -OCH3 is 1. The summed E-state index contributed by atoms with van der Waals surface area (Å²) in [5, 5.41) is 11.0. The number of nitrogens with one attached hydrogen (secondary N) is 1. The number of carbonyl (C=O) groups is 1. The van der Waals surface area contributed by atoms with Crippen LogP contribution in [0.2, 0.25) is 0 Å². The molecule has 0 atom stereocenters. The molecule has 1 heterocycles. The maximum atomic E-state index is 11.8. The fourth-order valence-corrected chi connectivity index (χ4v) is 2.49. The van der Waals surface area contributed by atoms with Crippen molar-refractivity contribution < 1.29 is 19.0 Å². The van der Waals surface area contributed by atoms with Gasteiger partial charge in [0.25, 0.3) is 5.91 Å². The predicted molar refractivity (Wildman–Crippen MR) is 109 cm³/mol. The van der Waals surface area contributed by atoms with E-state index >= 15 is 0 Å². The highest BCUT2D eigenvalue weighted by atomic mass is 16.5. The van der Waals surface area contributed by atoms with Crippen LogP contribution in [0, 0.1) is 6.92 Å². The number of hydrogen-bond donors (Lipinski definition) is 1. The van der Waals surface area contributed by atoms with E-state index in [1.807, 2.05) is 37.3 Å². The third-order valence-electron chi connectivity index (χ3n) is 4.09. The molecule has 0 radical (unpaired) electrons. The lowest BCUT2D eigenvalue weighted by atomic mass is 10.1. The highest BCUT2D eigenvalue weighted by molar-refractivity contribution is 5.77. The van der Waals surface area contributed by atoms with Crippen LogP contribution in [0.4, 0.5) is 0 Å². The largest absolute Gasteiger partial charge is 0.497 e. The first-order valence-electron chi connectivity index (χ1n) is 9.21. The minimum atomic E-state index is -0.231. The van der Waals surface area contributed by atoms with E-state index in [0.29, 0.717) is 18.2 Å². The van der Waals surface area contributed by atoms with Gasteiger partial charge in [0.2, 0.25) is 5.88 Å². The molecule has 3 aromatic rings. The standard InChI is InChI=1S/C22H23N3O4/c1-16-3-5-17(6-4-16)20-11-12-22(25-24-20)28-14-13-23-21(26)15-29-19-9-7-18(27-2)8-10-19/h3-12H,13-15H2,1-2H3,(H,23,26). The molecule has 0 bridgehead atoms. The van der Waals surface area contributed by atoms with Gasteiger partial charge in [0, 0.05) is 11.6 Å². The molecule has 0 aliphatic heterocycles. The topological polar surface area (TPSA) is 82.6 Å². The highest BCUT2D eigenvalue weighted by Gasteiger charge is 2.04. The molecule has 2 aromatic carbocycles. The molecule has 7 heteroatoms. The molecule has 29 heavy (non-hydrogen) atoms. The van der Waals surface area contributed by atoms with Crippen LogP contribution >= 0.6 is 0 Å². The van der Waals surface area contributed by atoms with Crippen LogP contribution in [0.5, 0.6) is 17.4 Å². The number of aromatic nitrogens is 2. The third kappa shape index (κ3) is 6.21. The van der Waals surface area contributed by atoms with Crippen molar-refractivity contribution in [1.29, 1.82) is 0 Å². The minimum Gasteiger partial charge on any atom is -0.497 e. The fraction of sp³-hybridized carbons (Fsp3) is 0.227. The van der Waals surface area contributed by atoms with Gasteiger partial charge in [-0.3, -0.25) is 4.79 Å². The number of rotatable bonds is 9. The predicted octanol–water partition coefficient (Wildman–Crippen LogP) is 3.03. The SMILES string of the molecule is COc1ccc(OCC(=O)NCCOc2ccc(-c3ccc(C)cc3)nn2)cc1. The van der Waals surface area contributed by atoms with Crippen LogP contribution in [-0.2, 0) is 4.79 Å². The first-order chi connectivity index (χ1) is 14.1. The van der Waals surface area contributed by atoms with Crippen molar-refractivity contribution >= 4 is 5.91 Å². The van der Waals surface area contributed by atoms with Gasteiger partial charge in [-0.1, -0.05) is 29.8 Å². The number of carbonyl (C=O) groups excluding carboxylic acids is 1. The zero-order chi connectivity index (χ0) is 20.5. The van der Waals surface area contributed by atoms with E-state index in [1.165, 1.54) is 5.56 Å². The van der Waals surface area contributed by atoms with Crippen LogP contribution < -0.4 is 19.5 Å². The monoisotopic (exact) mass is 393 g/mol. The molecule has 7 nitrogen and oxygen atoms in total. The molecule has 0 saturated heterocycles. The zero-order valence-electron chi connectivity index (χ0n) is 16.4. The number of amides is 1. The summed E-state index contributed by atoms with van der Waals surface area (Å²) >= 11 is 0. The Morgan fingerprint density at radius 1 is 0.897 bits per heavy atom. The van der Waals surface area contributed by atoms with Crippen molar-refractivity contribution in [3.8, 4) is 28.6 Å². The zero-order valence-corrected chi connectivity index (χ0v) is 16.4. The van der Waals surface area contributed by atoms with Gasteiger partial charge in [-0.25, -0.2) is 0 Å². The summed E-state index contributed by atoms with van der Waals surface area (Å²) in [6.07, 6.45) is 0. The number of aryl methyl sites for hydroxylation is 1. The Bertz CT molecular complexity index is 910.